The highest BCUT2D eigenvalue weighted by molar-refractivity contribution is 7.90. The van der Waals surface area contributed by atoms with Gasteiger partial charge in [-0.3, -0.25) is 4.79 Å². The largest absolute Gasteiger partial charge is 0.388 e. The van der Waals surface area contributed by atoms with Crippen molar-refractivity contribution in [2.45, 2.75) is 48.7 Å². The van der Waals surface area contributed by atoms with Crippen molar-refractivity contribution in [1.29, 1.82) is 0 Å². The van der Waals surface area contributed by atoms with E-state index >= 15 is 0 Å². The number of sulfone groups is 1. The van der Waals surface area contributed by atoms with Crippen LogP contribution in [0.3, 0.4) is 0 Å². The van der Waals surface area contributed by atoms with E-state index in [4.69, 9.17) is 4.74 Å². The molecule has 1 aliphatic heterocycles. The summed E-state index contributed by atoms with van der Waals surface area (Å²) in [4.78, 5) is 15.1. The lowest BCUT2D eigenvalue weighted by Crippen LogP contribution is -2.50. The Kier molecular flexibility index (Phi) is 4.92. The summed E-state index contributed by atoms with van der Waals surface area (Å²) in [6.45, 7) is 3.06. The van der Waals surface area contributed by atoms with Crippen molar-refractivity contribution in [2.75, 3.05) is 26.0 Å². The van der Waals surface area contributed by atoms with Crippen molar-refractivity contribution in [3.63, 3.8) is 0 Å². The number of hydrogen-bond acceptors (Lipinski definition) is 5. The summed E-state index contributed by atoms with van der Waals surface area (Å²) in [5, 5.41) is 10.1. The standard InChI is InChI=1S/C18H25NO5S/c1-3-24-16-12-19(11-15(16)20)17(21)18(9-4-10-18)13-5-7-14(8-6-13)25(2,22)23/h5-8,15-16,20H,3-4,9-12H2,1-2H3/t15-,16-/m0/s1. The van der Waals surface area contributed by atoms with Gasteiger partial charge in [-0.1, -0.05) is 18.6 Å². The van der Waals surface area contributed by atoms with E-state index in [1.54, 1.807) is 29.2 Å². The summed E-state index contributed by atoms with van der Waals surface area (Å²) >= 11 is 0. The van der Waals surface area contributed by atoms with E-state index in [0.717, 1.165) is 24.8 Å². The molecule has 2 aliphatic rings. The van der Waals surface area contributed by atoms with Gasteiger partial charge in [0.25, 0.3) is 0 Å². The molecule has 1 N–H and O–H groups in total. The molecule has 1 saturated carbocycles. The van der Waals surface area contributed by atoms with Gasteiger partial charge in [0.05, 0.1) is 16.4 Å². The smallest absolute Gasteiger partial charge is 0.233 e. The quantitative estimate of drug-likeness (QED) is 0.843. The Labute approximate surface area is 148 Å². The number of carbonyl (C=O) groups is 1. The first-order valence-corrected chi connectivity index (χ1v) is 10.6. The molecule has 0 radical (unpaired) electrons. The first-order valence-electron chi connectivity index (χ1n) is 8.67. The first-order chi connectivity index (χ1) is 11.8. The third-order valence-corrected chi connectivity index (χ3v) is 6.48. The van der Waals surface area contributed by atoms with Gasteiger partial charge in [0.1, 0.15) is 6.10 Å². The minimum atomic E-state index is -3.26. The van der Waals surface area contributed by atoms with E-state index in [1.807, 2.05) is 6.92 Å². The number of benzene rings is 1. The Bertz CT molecular complexity index is 739. The number of ether oxygens (including phenoxy) is 1. The number of aliphatic hydroxyl groups excluding tert-OH is 1. The van der Waals surface area contributed by atoms with Crippen LogP contribution in [0.4, 0.5) is 0 Å². The van der Waals surface area contributed by atoms with Crippen LogP contribution in [0.2, 0.25) is 0 Å². The number of hydrogen-bond donors (Lipinski definition) is 1. The molecule has 1 aliphatic carbocycles. The lowest BCUT2D eigenvalue weighted by Gasteiger charge is -2.43. The van der Waals surface area contributed by atoms with Gasteiger partial charge in [0.2, 0.25) is 5.91 Å². The molecule has 1 amide bonds. The van der Waals surface area contributed by atoms with Gasteiger partial charge in [0, 0.05) is 26.0 Å². The molecule has 7 heteroatoms. The van der Waals surface area contributed by atoms with Crippen molar-refractivity contribution < 1.29 is 23.1 Å². The summed E-state index contributed by atoms with van der Waals surface area (Å²) in [5.41, 5.74) is 0.252. The topological polar surface area (TPSA) is 83.9 Å². The number of likely N-dealkylation sites (tertiary alicyclic amines) is 1. The molecule has 0 spiro atoms. The summed E-state index contributed by atoms with van der Waals surface area (Å²) in [6.07, 6.45) is 2.63. The van der Waals surface area contributed by atoms with Crippen molar-refractivity contribution in [3.05, 3.63) is 29.8 Å². The lowest BCUT2D eigenvalue weighted by molar-refractivity contribution is -0.140. The van der Waals surface area contributed by atoms with E-state index in [0.29, 0.717) is 13.2 Å². The van der Waals surface area contributed by atoms with Crippen LogP contribution < -0.4 is 0 Å². The third-order valence-electron chi connectivity index (χ3n) is 5.36. The zero-order valence-electron chi connectivity index (χ0n) is 14.6. The second-order valence-corrected chi connectivity index (χ2v) is 9.02. The fraction of sp³-hybridized carbons (Fsp3) is 0.611. The summed E-state index contributed by atoms with van der Waals surface area (Å²) in [6, 6.07) is 6.64. The number of β-amino-alcohol motifs (C(OH)–C–C–N with tert-alkyl or cyclic N) is 1. The molecule has 3 rings (SSSR count). The van der Waals surface area contributed by atoms with Crippen LogP contribution in [-0.4, -0.2) is 62.5 Å². The third kappa shape index (κ3) is 3.32. The molecule has 1 aromatic rings. The van der Waals surface area contributed by atoms with Crippen LogP contribution >= 0.6 is 0 Å². The fourth-order valence-electron chi connectivity index (χ4n) is 3.78. The average molecular weight is 367 g/mol. The molecule has 2 atom stereocenters. The van der Waals surface area contributed by atoms with Crippen molar-refractivity contribution in [2.24, 2.45) is 0 Å². The van der Waals surface area contributed by atoms with Gasteiger partial charge >= 0.3 is 0 Å². The van der Waals surface area contributed by atoms with Crippen LogP contribution in [0.1, 0.15) is 31.7 Å². The second kappa shape index (κ2) is 6.70. The molecule has 25 heavy (non-hydrogen) atoms. The highest BCUT2D eigenvalue weighted by Crippen LogP contribution is 2.46. The highest BCUT2D eigenvalue weighted by atomic mass is 32.2. The van der Waals surface area contributed by atoms with Gasteiger partial charge in [-0.2, -0.15) is 0 Å². The Hall–Kier alpha value is -1.44. The predicted molar refractivity (Wildman–Crippen MR) is 93.1 cm³/mol. The SMILES string of the molecule is CCO[C@H]1CN(C(=O)C2(c3ccc(S(C)(=O)=O)cc3)CCC2)C[C@@H]1O. The molecule has 0 bridgehead atoms. The van der Waals surface area contributed by atoms with Crippen LogP contribution in [0, 0.1) is 0 Å². The van der Waals surface area contributed by atoms with Gasteiger partial charge in [0.15, 0.2) is 9.84 Å². The molecule has 0 unspecified atom stereocenters. The monoisotopic (exact) mass is 367 g/mol. The molecular formula is C18H25NO5S. The summed E-state index contributed by atoms with van der Waals surface area (Å²) in [5.74, 6) is 0.00658. The molecule has 1 heterocycles. The highest BCUT2D eigenvalue weighted by Gasteiger charge is 2.50. The molecule has 1 aromatic carbocycles. The molecule has 1 saturated heterocycles. The lowest BCUT2D eigenvalue weighted by atomic mass is 9.63. The van der Waals surface area contributed by atoms with E-state index in [9.17, 15) is 18.3 Å². The zero-order chi connectivity index (χ0) is 18.2. The van der Waals surface area contributed by atoms with Crippen molar-refractivity contribution >= 4 is 15.7 Å². The molecule has 2 fully saturated rings. The van der Waals surface area contributed by atoms with Gasteiger partial charge in [-0.15, -0.1) is 0 Å². The number of rotatable bonds is 5. The normalized spacial score (nSPS) is 25.6. The Morgan fingerprint density at radius 3 is 2.40 bits per heavy atom. The number of nitrogens with zero attached hydrogens (tertiary/aromatic N) is 1. The van der Waals surface area contributed by atoms with Crippen molar-refractivity contribution in [3.8, 4) is 0 Å². The summed E-state index contributed by atoms with van der Waals surface area (Å²) < 4.78 is 28.8. The zero-order valence-corrected chi connectivity index (χ0v) is 15.5. The Morgan fingerprint density at radius 1 is 1.28 bits per heavy atom. The van der Waals surface area contributed by atoms with E-state index in [2.05, 4.69) is 0 Å². The maximum atomic E-state index is 13.2. The second-order valence-electron chi connectivity index (χ2n) is 7.00. The van der Waals surface area contributed by atoms with Crippen LogP contribution in [-0.2, 0) is 24.8 Å². The Morgan fingerprint density at radius 2 is 1.92 bits per heavy atom. The van der Waals surface area contributed by atoms with E-state index < -0.39 is 21.4 Å². The van der Waals surface area contributed by atoms with Gasteiger partial charge < -0.3 is 14.7 Å². The minimum absolute atomic E-state index is 0.00658. The number of aliphatic hydroxyl groups is 1. The maximum Gasteiger partial charge on any atom is 0.233 e. The van der Waals surface area contributed by atoms with E-state index in [1.165, 1.54) is 6.26 Å². The molecule has 138 valence electrons. The van der Waals surface area contributed by atoms with E-state index in [-0.39, 0.29) is 23.5 Å². The summed E-state index contributed by atoms with van der Waals surface area (Å²) in [7, 11) is -3.26. The Balaban J connectivity index is 1.82. The van der Waals surface area contributed by atoms with Crippen LogP contribution in [0.25, 0.3) is 0 Å². The molecule has 6 nitrogen and oxygen atoms in total. The van der Waals surface area contributed by atoms with Crippen molar-refractivity contribution in [1.82, 2.24) is 4.90 Å². The maximum absolute atomic E-state index is 13.2. The van der Waals surface area contributed by atoms with Gasteiger partial charge in [-0.05, 0) is 37.5 Å². The molecule has 0 aromatic heterocycles. The van der Waals surface area contributed by atoms with Gasteiger partial charge in [-0.25, -0.2) is 8.42 Å². The van der Waals surface area contributed by atoms with Crippen LogP contribution in [0.5, 0.6) is 0 Å². The minimum Gasteiger partial charge on any atom is -0.388 e. The molecular weight excluding hydrogens is 342 g/mol. The average Bonchev–Trinajstić information content (AvgIpc) is 2.87. The number of amides is 1. The first kappa shape index (κ1) is 18.4. The predicted octanol–water partition coefficient (Wildman–Crippen LogP) is 1.12. The number of carbonyl (C=O) groups excluding carboxylic acids is 1. The fourth-order valence-corrected chi connectivity index (χ4v) is 4.41. The van der Waals surface area contributed by atoms with Crippen LogP contribution in [0.15, 0.2) is 29.2 Å².